The molecule has 1 aromatic carbocycles. The van der Waals surface area contributed by atoms with Crippen LogP contribution in [0, 0.1) is 0 Å². The standard InChI is InChI=1S/C14H22ClNO/c1-5-11(4)16-9-12-8-13(15)6-7-14(12)17-10(2)3/h6-8,10-11,16H,5,9H2,1-4H3/t11-/m1/s1. The highest BCUT2D eigenvalue weighted by Gasteiger charge is 2.07. The molecule has 1 N–H and O–H groups in total. The molecule has 1 atom stereocenters. The normalized spacial score (nSPS) is 12.8. The van der Waals surface area contributed by atoms with Gasteiger partial charge in [-0.2, -0.15) is 0 Å². The molecule has 0 spiro atoms. The van der Waals surface area contributed by atoms with E-state index < -0.39 is 0 Å². The van der Waals surface area contributed by atoms with Crippen molar-refractivity contribution in [1.82, 2.24) is 5.32 Å². The molecule has 1 aromatic rings. The smallest absolute Gasteiger partial charge is 0.124 e. The minimum absolute atomic E-state index is 0.179. The molecule has 0 radical (unpaired) electrons. The third-order valence-electron chi connectivity index (χ3n) is 2.64. The van der Waals surface area contributed by atoms with Crippen LogP contribution in [-0.4, -0.2) is 12.1 Å². The number of ether oxygens (including phenoxy) is 1. The minimum atomic E-state index is 0.179. The van der Waals surface area contributed by atoms with Crippen LogP contribution in [0.15, 0.2) is 18.2 Å². The van der Waals surface area contributed by atoms with E-state index in [2.05, 4.69) is 19.2 Å². The lowest BCUT2D eigenvalue weighted by Crippen LogP contribution is -2.25. The monoisotopic (exact) mass is 255 g/mol. The zero-order valence-corrected chi connectivity index (χ0v) is 11.8. The van der Waals surface area contributed by atoms with E-state index in [0.717, 1.165) is 29.3 Å². The second-order valence-electron chi connectivity index (χ2n) is 4.61. The van der Waals surface area contributed by atoms with Crippen LogP contribution in [-0.2, 0) is 6.54 Å². The van der Waals surface area contributed by atoms with Crippen LogP contribution in [0.25, 0.3) is 0 Å². The van der Waals surface area contributed by atoms with Gasteiger partial charge in [0.05, 0.1) is 6.10 Å². The number of rotatable bonds is 6. The molecule has 96 valence electrons. The van der Waals surface area contributed by atoms with Gasteiger partial charge >= 0.3 is 0 Å². The first kappa shape index (κ1) is 14.3. The van der Waals surface area contributed by atoms with Crippen molar-refractivity contribution < 1.29 is 4.74 Å². The maximum Gasteiger partial charge on any atom is 0.124 e. The summed E-state index contributed by atoms with van der Waals surface area (Å²) in [5.74, 6) is 0.917. The Morgan fingerprint density at radius 2 is 2.00 bits per heavy atom. The average Bonchev–Trinajstić information content (AvgIpc) is 2.28. The van der Waals surface area contributed by atoms with Crippen molar-refractivity contribution in [2.75, 3.05) is 0 Å². The number of benzene rings is 1. The highest BCUT2D eigenvalue weighted by atomic mass is 35.5. The van der Waals surface area contributed by atoms with E-state index in [1.54, 1.807) is 0 Å². The maximum atomic E-state index is 6.02. The molecule has 0 fully saturated rings. The number of nitrogens with one attached hydrogen (secondary N) is 1. The summed E-state index contributed by atoms with van der Waals surface area (Å²) in [5.41, 5.74) is 1.12. The quantitative estimate of drug-likeness (QED) is 0.829. The van der Waals surface area contributed by atoms with Gasteiger partial charge in [0.2, 0.25) is 0 Å². The molecular formula is C14H22ClNO. The third-order valence-corrected chi connectivity index (χ3v) is 2.87. The lowest BCUT2D eigenvalue weighted by molar-refractivity contribution is 0.239. The molecule has 0 bridgehead atoms. The van der Waals surface area contributed by atoms with Crippen LogP contribution >= 0.6 is 11.6 Å². The van der Waals surface area contributed by atoms with Crippen LogP contribution in [0.2, 0.25) is 5.02 Å². The Morgan fingerprint density at radius 1 is 1.29 bits per heavy atom. The molecule has 1 rings (SSSR count). The molecular weight excluding hydrogens is 234 g/mol. The van der Waals surface area contributed by atoms with E-state index in [0.29, 0.717) is 6.04 Å². The highest BCUT2D eigenvalue weighted by Crippen LogP contribution is 2.24. The van der Waals surface area contributed by atoms with Gasteiger partial charge in [0.25, 0.3) is 0 Å². The summed E-state index contributed by atoms with van der Waals surface area (Å²) >= 11 is 6.02. The first-order valence-electron chi connectivity index (χ1n) is 6.21. The zero-order chi connectivity index (χ0) is 12.8. The van der Waals surface area contributed by atoms with Gasteiger partial charge in [0, 0.05) is 23.2 Å². The van der Waals surface area contributed by atoms with E-state index in [1.165, 1.54) is 0 Å². The SMILES string of the molecule is CC[C@@H](C)NCc1cc(Cl)ccc1OC(C)C. The number of halogens is 1. The van der Waals surface area contributed by atoms with Gasteiger partial charge in [-0.05, 0) is 45.4 Å². The number of hydrogen-bond donors (Lipinski definition) is 1. The lowest BCUT2D eigenvalue weighted by atomic mass is 10.1. The molecule has 17 heavy (non-hydrogen) atoms. The predicted molar refractivity (Wildman–Crippen MR) is 73.8 cm³/mol. The molecule has 0 heterocycles. The van der Waals surface area contributed by atoms with E-state index >= 15 is 0 Å². The first-order valence-corrected chi connectivity index (χ1v) is 6.59. The van der Waals surface area contributed by atoms with E-state index in [4.69, 9.17) is 16.3 Å². The Morgan fingerprint density at radius 3 is 2.59 bits per heavy atom. The number of hydrogen-bond acceptors (Lipinski definition) is 2. The fraction of sp³-hybridized carbons (Fsp3) is 0.571. The van der Waals surface area contributed by atoms with Gasteiger partial charge in [0.1, 0.15) is 5.75 Å². The largest absolute Gasteiger partial charge is 0.491 e. The molecule has 3 heteroatoms. The summed E-state index contributed by atoms with van der Waals surface area (Å²) in [4.78, 5) is 0. The molecule has 0 aromatic heterocycles. The summed E-state index contributed by atoms with van der Waals surface area (Å²) in [7, 11) is 0. The van der Waals surface area contributed by atoms with E-state index in [1.807, 2.05) is 32.0 Å². The van der Waals surface area contributed by atoms with Crippen LogP contribution in [0.1, 0.15) is 39.7 Å². The van der Waals surface area contributed by atoms with Gasteiger partial charge in [-0.1, -0.05) is 18.5 Å². The Kier molecular flexibility index (Phi) is 5.79. The van der Waals surface area contributed by atoms with Crippen LogP contribution in [0.5, 0.6) is 5.75 Å². The van der Waals surface area contributed by atoms with Gasteiger partial charge < -0.3 is 10.1 Å². The van der Waals surface area contributed by atoms with Crippen molar-refractivity contribution in [2.45, 2.75) is 52.8 Å². The molecule has 0 saturated carbocycles. The molecule has 0 aliphatic carbocycles. The highest BCUT2D eigenvalue weighted by molar-refractivity contribution is 6.30. The summed E-state index contributed by atoms with van der Waals surface area (Å²) in [5, 5.41) is 4.20. The molecule has 2 nitrogen and oxygen atoms in total. The fourth-order valence-electron chi connectivity index (χ4n) is 1.48. The van der Waals surface area contributed by atoms with Crippen molar-refractivity contribution in [3.8, 4) is 5.75 Å². The van der Waals surface area contributed by atoms with E-state index in [-0.39, 0.29) is 6.10 Å². The van der Waals surface area contributed by atoms with Gasteiger partial charge in [-0.15, -0.1) is 0 Å². The van der Waals surface area contributed by atoms with Crippen LogP contribution in [0.4, 0.5) is 0 Å². The van der Waals surface area contributed by atoms with Crippen molar-refractivity contribution >= 4 is 11.6 Å². The van der Waals surface area contributed by atoms with Gasteiger partial charge in [-0.25, -0.2) is 0 Å². The minimum Gasteiger partial charge on any atom is -0.491 e. The van der Waals surface area contributed by atoms with Crippen molar-refractivity contribution in [2.24, 2.45) is 0 Å². The Hall–Kier alpha value is -0.730. The first-order chi connectivity index (χ1) is 8.02. The van der Waals surface area contributed by atoms with Crippen LogP contribution < -0.4 is 10.1 Å². The van der Waals surface area contributed by atoms with E-state index in [9.17, 15) is 0 Å². The molecule has 0 saturated heterocycles. The van der Waals surface area contributed by atoms with Crippen molar-refractivity contribution in [1.29, 1.82) is 0 Å². The second kappa shape index (κ2) is 6.87. The maximum absolute atomic E-state index is 6.02. The second-order valence-corrected chi connectivity index (χ2v) is 5.05. The van der Waals surface area contributed by atoms with Gasteiger partial charge in [-0.3, -0.25) is 0 Å². The summed E-state index contributed by atoms with van der Waals surface area (Å²) in [6.07, 6.45) is 1.29. The topological polar surface area (TPSA) is 21.3 Å². The Labute approximate surface area is 109 Å². The van der Waals surface area contributed by atoms with Gasteiger partial charge in [0.15, 0.2) is 0 Å². The lowest BCUT2D eigenvalue weighted by Gasteiger charge is -2.17. The zero-order valence-electron chi connectivity index (χ0n) is 11.1. The Balaban J connectivity index is 2.76. The average molecular weight is 256 g/mol. The fourth-order valence-corrected chi connectivity index (χ4v) is 1.68. The predicted octanol–water partition coefficient (Wildman–Crippen LogP) is 4.02. The molecule has 0 aliphatic rings. The molecule has 0 aliphatic heterocycles. The molecule has 0 amide bonds. The molecule has 0 unspecified atom stereocenters. The third kappa shape index (κ3) is 4.97. The summed E-state index contributed by atoms with van der Waals surface area (Å²) in [6, 6.07) is 6.28. The Bertz CT molecular complexity index is 352. The summed E-state index contributed by atoms with van der Waals surface area (Å²) < 4.78 is 5.77. The summed E-state index contributed by atoms with van der Waals surface area (Å²) in [6.45, 7) is 9.19. The van der Waals surface area contributed by atoms with Crippen molar-refractivity contribution in [3.05, 3.63) is 28.8 Å². The van der Waals surface area contributed by atoms with Crippen molar-refractivity contribution in [3.63, 3.8) is 0 Å². The van der Waals surface area contributed by atoms with Crippen LogP contribution in [0.3, 0.4) is 0 Å².